The summed E-state index contributed by atoms with van der Waals surface area (Å²) in [6.45, 7) is 3.42. The quantitative estimate of drug-likeness (QED) is 0.147. The molecule has 0 N–H and O–H groups in total. The predicted octanol–water partition coefficient (Wildman–Crippen LogP) is 6.61. The standard InChI is InChI=1S/C35H36N2O6S/c1-6-43-35(39)29-22-37(20-25-9-7-8-10-30(25)42-5)34-31(32(29)38)28(33(44-34)24-13-17-27(41-4)18-14-24)21-36(2)19-23-11-15-26(40-3)16-12-23/h7-18,22H,6,19-21H2,1-5H3. The summed E-state index contributed by atoms with van der Waals surface area (Å²) in [6, 6.07) is 23.5. The van der Waals surface area contributed by atoms with Crippen molar-refractivity contribution in [3.8, 4) is 27.7 Å². The molecule has 0 bridgehead atoms. The minimum atomic E-state index is -0.636. The highest BCUT2D eigenvalue weighted by Gasteiger charge is 2.25. The topological polar surface area (TPSA) is 79.2 Å². The Labute approximate surface area is 261 Å². The van der Waals surface area contributed by atoms with Gasteiger partial charge in [-0.25, -0.2) is 4.79 Å². The van der Waals surface area contributed by atoms with E-state index in [9.17, 15) is 9.59 Å². The van der Waals surface area contributed by atoms with Crippen molar-refractivity contribution < 1.29 is 23.7 Å². The van der Waals surface area contributed by atoms with E-state index in [1.165, 1.54) is 11.3 Å². The number of carbonyl (C=O) groups is 1. The first-order valence-electron chi connectivity index (χ1n) is 14.3. The first-order chi connectivity index (χ1) is 21.4. The molecule has 2 aromatic heterocycles. The van der Waals surface area contributed by atoms with Gasteiger partial charge in [0.05, 0.1) is 39.9 Å². The van der Waals surface area contributed by atoms with E-state index in [-0.39, 0.29) is 17.6 Å². The minimum absolute atomic E-state index is 0.00684. The number of carbonyl (C=O) groups excluding carboxylic acids is 1. The third kappa shape index (κ3) is 6.49. The Bertz CT molecular complexity index is 1810. The Kier molecular flexibility index (Phi) is 9.67. The van der Waals surface area contributed by atoms with Crippen molar-refractivity contribution in [3.05, 3.63) is 111 Å². The third-order valence-corrected chi connectivity index (χ3v) is 8.74. The van der Waals surface area contributed by atoms with Crippen LogP contribution in [0.2, 0.25) is 0 Å². The maximum Gasteiger partial charge on any atom is 0.343 e. The molecular formula is C35H36N2O6S. The SMILES string of the molecule is CCOC(=O)c1cn(Cc2ccccc2OC)c2sc(-c3ccc(OC)cc3)c(CN(C)Cc3ccc(OC)cc3)c2c1=O. The van der Waals surface area contributed by atoms with Crippen molar-refractivity contribution in [1.29, 1.82) is 0 Å². The van der Waals surface area contributed by atoms with Crippen LogP contribution >= 0.6 is 11.3 Å². The second-order valence-electron chi connectivity index (χ2n) is 10.4. The van der Waals surface area contributed by atoms with Crippen molar-refractivity contribution in [2.75, 3.05) is 35.0 Å². The zero-order valence-corrected chi connectivity index (χ0v) is 26.4. The number of hydrogen-bond acceptors (Lipinski definition) is 8. The predicted molar refractivity (Wildman–Crippen MR) is 174 cm³/mol. The van der Waals surface area contributed by atoms with Crippen LogP contribution in [-0.4, -0.2) is 50.4 Å². The Hall–Kier alpha value is -4.60. The molecule has 44 heavy (non-hydrogen) atoms. The van der Waals surface area contributed by atoms with E-state index in [4.69, 9.17) is 18.9 Å². The molecule has 0 amide bonds. The molecular weight excluding hydrogens is 576 g/mol. The van der Waals surface area contributed by atoms with Gasteiger partial charge in [-0.05, 0) is 73.1 Å². The average molecular weight is 613 g/mol. The Morgan fingerprint density at radius 2 is 1.52 bits per heavy atom. The van der Waals surface area contributed by atoms with Gasteiger partial charge in [-0.15, -0.1) is 11.3 Å². The van der Waals surface area contributed by atoms with Gasteiger partial charge in [-0.2, -0.15) is 0 Å². The number of esters is 1. The molecule has 0 atom stereocenters. The fraction of sp³-hybridized carbons (Fsp3) is 0.257. The highest BCUT2D eigenvalue weighted by atomic mass is 32.1. The fourth-order valence-corrected chi connectivity index (χ4v) is 6.57. The molecule has 0 unspecified atom stereocenters. The van der Waals surface area contributed by atoms with E-state index in [0.29, 0.717) is 25.0 Å². The first-order valence-corrected chi connectivity index (χ1v) is 15.1. The number of rotatable bonds is 12. The number of para-hydroxylation sites is 1. The molecule has 3 aromatic carbocycles. The molecule has 0 aliphatic heterocycles. The molecule has 2 heterocycles. The summed E-state index contributed by atoms with van der Waals surface area (Å²) < 4.78 is 23.6. The van der Waals surface area contributed by atoms with E-state index in [1.807, 2.05) is 84.4 Å². The maximum atomic E-state index is 14.2. The van der Waals surface area contributed by atoms with Crippen LogP contribution < -0.4 is 19.6 Å². The summed E-state index contributed by atoms with van der Waals surface area (Å²) in [5.41, 5.74) is 3.52. The van der Waals surface area contributed by atoms with Crippen molar-refractivity contribution in [3.63, 3.8) is 0 Å². The number of aromatic nitrogens is 1. The van der Waals surface area contributed by atoms with Gasteiger partial charge < -0.3 is 23.5 Å². The Balaban J connectivity index is 1.70. The molecule has 0 aliphatic carbocycles. The second kappa shape index (κ2) is 13.8. The summed E-state index contributed by atoms with van der Waals surface area (Å²) in [5, 5.41) is 0.517. The third-order valence-electron chi connectivity index (χ3n) is 7.43. The number of pyridine rings is 1. The van der Waals surface area contributed by atoms with Gasteiger partial charge in [0.1, 0.15) is 27.6 Å². The summed E-state index contributed by atoms with van der Waals surface area (Å²) in [5.74, 6) is 1.63. The van der Waals surface area contributed by atoms with E-state index >= 15 is 0 Å². The Morgan fingerprint density at radius 3 is 2.16 bits per heavy atom. The molecule has 5 rings (SSSR count). The monoisotopic (exact) mass is 612 g/mol. The van der Waals surface area contributed by atoms with Crippen LogP contribution in [0.3, 0.4) is 0 Å². The molecule has 8 nitrogen and oxygen atoms in total. The molecule has 0 aliphatic rings. The second-order valence-corrected chi connectivity index (χ2v) is 11.4. The molecule has 0 saturated heterocycles. The summed E-state index contributed by atoms with van der Waals surface area (Å²) in [6.07, 6.45) is 1.62. The van der Waals surface area contributed by atoms with E-state index in [2.05, 4.69) is 4.90 Å². The van der Waals surface area contributed by atoms with Crippen molar-refractivity contribution in [1.82, 2.24) is 9.47 Å². The first kappa shape index (κ1) is 30.8. The highest BCUT2D eigenvalue weighted by molar-refractivity contribution is 7.22. The van der Waals surface area contributed by atoms with Crippen LogP contribution in [0.15, 0.2) is 83.8 Å². The number of methoxy groups -OCH3 is 3. The van der Waals surface area contributed by atoms with Crippen molar-refractivity contribution in [2.24, 2.45) is 0 Å². The van der Waals surface area contributed by atoms with E-state index < -0.39 is 5.97 Å². The van der Waals surface area contributed by atoms with Gasteiger partial charge in [0.15, 0.2) is 0 Å². The number of ether oxygens (including phenoxy) is 4. The van der Waals surface area contributed by atoms with Gasteiger partial charge in [-0.1, -0.05) is 30.3 Å². The smallest absolute Gasteiger partial charge is 0.343 e. The summed E-state index contributed by atoms with van der Waals surface area (Å²) in [4.78, 5) is 31.2. The molecule has 0 fully saturated rings. The van der Waals surface area contributed by atoms with Crippen LogP contribution in [0.1, 0.15) is 34.0 Å². The summed E-state index contributed by atoms with van der Waals surface area (Å²) >= 11 is 1.54. The van der Waals surface area contributed by atoms with E-state index in [0.717, 1.165) is 49.2 Å². The zero-order valence-electron chi connectivity index (χ0n) is 25.6. The van der Waals surface area contributed by atoms with Gasteiger partial charge >= 0.3 is 5.97 Å². The number of benzene rings is 3. The van der Waals surface area contributed by atoms with Crippen LogP contribution in [0.5, 0.6) is 17.2 Å². The molecule has 9 heteroatoms. The van der Waals surface area contributed by atoms with Crippen LogP contribution in [0, 0.1) is 0 Å². The molecule has 0 saturated carbocycles. The number of nitrogens with zero attached hydrogens (tertiary/aromatic N) is 2. The lowest BCUT2D eigenvalue weighted by atomic mass is 10.0. The van der Waals surface area contributed by atoms with E-state index in [1.54, 1.807) is 34.4 Å². The van der Waals surface area contributed by atoms with Crippen LogP contribution in [0.4, 0.5) is 0 Å². The lowest BCUT2D eigenvalue weighted by molar-refractivity contribution is 0.0524. The lowest BCUT2D eigenvalue weighted by Gasteiger charge is -2.18. The normalized spacial score (nSPS) is 11.1. The maximum absolute atomic E-state index is 14.2. The number of thiophene rings is 1. The molecule has 5 aromatic rings. The average Bonchev–Trinajstić information content (AvgIpc) is 3.42. The number of fused-ring (bicyclic) bond motifs is 1. The molecule has 0 radical (unpaired) electrons. The summed E-state index contributed by atoms with van der Waals surface area (Å²) in [7, 11) is 6.94. The molecule has 228 valence electrons. The van der Waals surface area contributed by atoms with Gasteiger partial charge in [-0.3, -0.25) is 9.69 Å². The van der Waals surface area contributed by atoms with Crippen LogP contribution in [0.25, 0.3) is 20.7 Å². The molecule has 0 spiro atoms. The van der Waals surface area contributed by atoms with Crippen molar-refractivity contribution in [2.45, 2.75) is 26.6 Å². The Morgan fingerprint density at radius 1 is 0.864 bits per heavy atom. The lowest BCUT2D eigenvalue weighted by Crippen LogP contribution is -2.23. The zero-order chi connectivity index (χ0) is 31.2. The minimum Gasteiger partial charge on any atom is -0.497 e. The fourth-order valence-electron chi connectivity index (χ4n) is 5.28. The van der Waals surface area contributed by atoms with Crippen molar-refractivity contribution >= 4 is 27.5 Å². The largest absolute Gasteiger partial charge is 0.497 e. The van der Waals surface area contributed by atoms with Gasteiger partial charge in [0.25, 0.3) is 0 Å². The van der Waals surface area contributed by atoms with Gasteiger partial charge in [0, 0.05) is 29.7 Å². The number of hydrogen-bond donors (Lipinski definition) is 0. The van der Waals surface area contributed by atoms with Gasteiger partial charge in [0.2, 0.25) is 5.43 Å². The highest BCUT2D eigenvalue weighted by Crippen LogP contribution is 2.39. The van der Waals surface area contributed by atoms with Crippen LogP contribution in [-0.2, 0) is 24.4 Å².